The van der Waals surface area contributed by atoms with E-state index in [4.69, 9.17) is 14.2 Å². The highest BCUT2D eigenvalue weighted by molar-refractivity contribution is 5.03. The number of rotatable bonds is 0. The lowest BCUT2D eigenvalue weighted by atomic mass is 10.2. The van der Waals surface area contributed by atoms with Crippen molar-refractivity contribution in [2.75, 3.05) is 6.61 Å². The van der Waals surface area contributed by atoms with Crippen molar-refractivity contribution in [3.8, 4) is 0 Å². The molecule has 0 unspecified atom stereocenters. The highest BCUT2D eigenvalue weighted by Gasteiger charge is 2.62. The van der Waals surface area contributed by atoms with Crippen LogP contribution in [0, 0.1) is 0 Å². The molecule has 0 aromatic heterocycles. The molecule has 3 saturated heterocycles. The quantitative estimate of drug-likeness (QED) is 0.398. The molecule has 0 aromatic rings. The Kier molecular flexibility index (Phi) is 0.451. The Morgan fingerprint density at radius 2 is 2.12 bits per heavy atom. The van der Waals surface area contributed by atoms with Gasteiger partial charge in [0.15, 0.2) is 6.29 Å². The van der Waals surface area contributed by atoms with Gasteiger partial charge in [0.2, 0.25) is 0 Å². The lowest BCUT2D eigenvalue weighted by Crippen LogP contribution is -2.18. The summed E-state index contributed by atoms with van der Waals surface area (Å²) in [6, 6.07) is 0. The van der Waals surface area contributed by atoms with Crippen LogP contribution in [0.15, 0.2) is 0 Å². The Morgan fingerprint density at radius 1 is 1.12 bits per heavy atom. The third-order valence-electron chi connectivity index (χ3n) is 1.93. The number of hydrogen-bond donors (Lipinski definition) is 0. The number of ether oxygens (including phenoxy) is 3. The third kappa shape index (κ3) is 0.267. The molecular weight excluding hydrogens is 108 g/mol. The largest absolute Gasteiger partial charge is 0.361 e. The van der Waals surface area contributed by atoms with E-state index in [1.165, 1.54) is 0 Å². The molecule has 0 spiro atoms. The van der Waals surface area contributed by atoms with Crippen molar-refractivity contribution < 1.29 is 14.2 Å². The van der Waals surface area contributed by atoms with Crippen LogP contribution in [-0.2, 0) is 14.2 Å². The van der Waals surface area contributed by atoms with Gasteiger partial charge in [-0.3, -0.25) is 0 Å². The minimum atomic E-state index is -0.00926. The molecule has 2 bridgehead atoms. The number of hydrogen-bond acceptors (Lipinski definition) is 3. The topological polar surface area (TPSA) is 31.0 Å². The van der Waals surface area contributed by atoms with Crippen LogP contribution in [0.2, 0.25) is 0 Å². The Labute approximate surface area is 46.5 Å². The van der Waals surface area contributed by atoms with Crippen LogP contribution in [0.4, 0.5) is 0 Å². The lowest BCUT2D eigenvalue weighted by molar-refractivity contribution is -0.0689. The van der Waals surface area contributed by atoms with E-state index in [1.807, 2.05) is 0 Å². The van der Waals surface area contributed by atoms with E-state index < -0.39 is 0 Å². The molecular formula is C5H6O3. The van der Waals surface area contributed by atoms with Crippen molar-refractivity contribution in [3.63, 3.8) is 0 Å². The maximum absolute atomic E-state index is 5.29. The van der Waals surface area contributed by atoms with Gasteiger partial charge in [-0.15, -0.1) is 0 Å². The zero-order chi connectivity index (χ0) is 5.14. The molecule has 0 N–H and O–H groups in total. The summed E-state index contributed by atoms with van der Waals surface area (Å²) in [6.45, 7) is 0.742. The first kappa shape index (κ1) is 3.82. The van der Waals surface area contributed by atoms with Crippen molar-refractivity contribution in [1.82, 2.24) is 0 Å². The van der Waals surface area contributed by atoms with Crippen LogP contribution in [0.25, 0.3) is 0 Å². The molecule has 0 radical (unpaired) electrons. The Balaban J connectivity index is 2.02. The average Bonchev–Trinajstić information content (AvgIpc) is 2.39. The van der Waals surface area contributed by atoms with E-state index in [0.717, 1.165) is 6.61 Å². The van der Waals surface area contributed by atoms with E-state index in [0.29, 0.717) is 12.2 Å². The molecule has 8 heavy (non-hydrogen) atoms. The molecule has 44 valence electrons. The fourth-order valence-corrected chi connectivity index (χ4v) is 1.44. The first-order valence-corrected chi connectivity index (χ1v) is 2.88. The van der Waals surface area contributed by atoms with Gasteiger partial charge in [-0.05, 0) is 0 Å². The minimum absolute atomic E-state index is 0.00926. The van der Waals surface area contributed by atoms with Crippen molar-refractivity contribution in [2.24, 2.45) is 0 Å². The van der Waals surface area contributed by atoms with Gasteiger partial charge in [0.05, 0.1) is 6.61 Å². The predicted molar refractivity (Wildman–Crippen MR) is 23.3 cm³/mol. The van der Waals surface area contributed by atoms with Crippen LogP contribution in [0.1, 0.15) is 0 Å². The van der Waals surface area contributed by atoms with Crippen molar-refractivity contribution in [3.05, 3.63) is 0 Å². The van der Waals surface area contributed by atoms with Gasteiger partial charge < -0.3 is 14.2 Å². The highest BCUT2D eigenvalue weighted by Crippen LogP contribution is 2.43. The molecule has 0 amide bonds. The molecule has 3 rings (SSSR count). The van der Waals surface area contributed by atoms with Crippen LogP contribution in [0.5, 0.6) is 0 Å². The molecule has 0 aromatic carbocycles. The van der Waals surface area contributed by atoms with Gasteiger partial charge in [-0.2, -0.15) is 0 Å². The normalized spacial score (nSPS) is 66.0. The third-order valence-corrected chi connectivity index (χ3v) is 1.93. The summed E-state index contributed by atoms with van der Waals surface area (Å²) in [7, 11) is 0. The monoisotopic (exact) mass is 114 g/mol. The maximum Gasteiger partial charge on any atom is 0.187 e. The first-order valence-electron chi connectivity index (χ1n) is 2.88. The van der Waals surface area contributed by atoms with Gasteiger partial charge in [-0.1, -0.05) is 0 Å². The fraction of sp³-hybridized carbons (Fsp3) is 1.00. The summed E-state index contributed by atoms with van der Waals surface area (Å²) >= 11 is 0. The van der Waals surface area contributed by atoms with Crippen molar-refractivity contribution >= 4 is 0 Å². The van der Waals surface area contributed by atoms with E-state index >= 15 is 0 Å². The summed E-state index contributed by atoms with van der Waals surface area (Å²) < 4.78 is 15.6. The fourth-order valence-electron chi connectivity index (χ4n) is 1.44. The first-order chi connectivity index (χ1) is 3.95. The molecule has 3 nitrogen and oxygen atoms in total. The number of fused-ring (bicyclic) bond motifs is 5. The molecule has 3 aliphatic heterocycles. The SMILES string of the molecule is C1O[C@@H]2O[C@H]1[C@H]1O[C@@H]21. The van der Waals surface area contributed by atoms with Crippen molar-refractivity contribution in [2.45, 2.75) is 24.6 Å². The van der Waals surface area contributed by atoms with E-state index in [-0.39, 0.29) is 12.4 Å². The van der Waals surface area contributed by atoms with Crippen LogP contribution in [0.3, 0.4) is 0 Å². The lowest BCUT2D eigenvalue weighted by Gasteiger charge is -1.99. The minimum Gasteiger partial charge on any atom is -0.361 e. The predicted octanol–water partition coefficient (Wildman–Crippen LogP) is -0.491. The van der Waals surface area contributed by atoms with E-state index in [2.05, 4.69) is 0 Å². The van der Waals surface area contributed by atoms with Crippen LogP contribution in [-0.4, -0.2) is 31.2 Å². The molecule has 3 aliphatic rings. The second-order valence-corrected chi connectivity index (χ2v) is 2.44. The Hall–Kier alpha value is -0.120. The van der Waals surface area contributed by atoms with Crippen LogP contribution < -0.4 is 0 Å². The van der Waals surface area contributed by atoms with Crippen LogP contribution >= 0.6 is 0 Å². The van der Waals surface area contributed by atoms with Gasteiger partial charge in [-0.25, -0.2) is 0 Å². The summed E-state index contributed by atoms with van der Waals surface area (Å²) in [5, 5.41) is 0. The highest BCUT2D eigenvalue weighted by atomic mass is 16.8. The summed E-state index contributed by atoms with van der Waals surface area (Å²) in [5.74, 6) is 0. The Bertz CT molecular complexity index is 122. The van der Waals surface area contributed by atoms with Gasteiger partial charge >= 0.3 is 0 Å². The molecule has 0 saturated carbocycles. The number of epoxide rings is 1. The molecule has 4 atom stereocenters. The standard InChI is InChI=1S/C5H6O3/c1-2-3-4(8-3)5(6-1)7-2/h2-5H,1H2/t2-,3-,4-,5-/m1/s1. The summed E-state index contributed by atoms with van der Waals surface area (Å²) in [6.07, 6.45) is 0.956. The van der Waals surface area contributed by atoms with Gasteiger partial charge in [0.25, 0.3) is 0 Å². The molecule has 3 fully saturated rings. The smallest absolute Gasteiger partial charge is 0.187 e. The maximum atomic E-state index is 5.29. The Morgan fingerprint density at radius 3 is 2.62 bits per heavy atom. The second-order valence-electron chi connectivity index (χ2n) is 2.44. The summed E-state index contributed by atoms with van der Waals surface area (Å²) in [5.41, 5.74) is 0. The zero-order valence-corrected chi connectivity index (χ0v) is 4.24. The van der Waals surface area contributed by atoms with E-state index in [1.54, 1.807) is 0 Å². The zero-order valence-electron chi connectivity index (χ0n) is 4.24. The van der Waals surface area contributed by atoms with Gasteiger partial charge in [0.1, 0.15) is 18.3 Å². The summed E-state index contributed by atoms with van der Waals surface area (Å²) in [4.78, 5) is 0. The van der Waals surface area contributed by atoms with E-state index in [9.17, 15) is 0 Å². The van der Waals surface area contributed by atoms with Crippen molar-refractivity contribution in [1.29, 1.82) is 0 Å². The molecule has 3 heteroatoms. The average molecular weight is 114 g/mol. The van der Waals surface area contributed by atoms with Gasteiger partial charge in [0, 0.05) is 0 Å². The molecule has 0 aliphatic carbocycles. The molecule has 3 heterocycles. The second kappa shape index (κ2) is 0.943.